The molecule has 4 saturated heterocycles. The van der Waals surface area contributed by atoms with Crippen LogP contribution in [0.3, 0.4) is 0 Å². The number of amides is 2. The van der Waals surface area contributed by atoms with Crippen molar-refractivity contribution in [2.75, 3.05) is 52.4 Å². The van der Waals surface area contributed by atoms with Gasteiger partial charge >= 0.3 is 0 Å². The molecular weight excluding hydrogens is 304 g/mol. The molecule has 0 radical (unpaired) electrons. The molecule has 0 aromatic carbocycles. The second-order valence-electron chi connectivity index (χ2n) is 7.94. The Labute approximate surface area is 145 Å². The van der Waals surface area contributed by atoms with Gasteiger partial charge in [-0.25, -0.2) is 0 Å². The smallest absolute Gasteiger partial charge is 0.241 e. The van der Waals surface area contributed by atoms with Gasteiger partial charge in [-0.3, -0.25) is 19.4 Å². The lowest BCUT2D eigenvalue weighted by Crippen LogP contribution is -2.58. The summed E-state index contributed by atoms with van der Waals surface area (Å²) in [4.78, 5) is 31.9. The van der Waals surface area contributed by atoms with Gasteiger partial charge in [-0.05, 0) is 31.7 Å². The summed E-state index contributed by atoms with van der Waals surface area (Å²) >= 11 is 0. The van der Waals surface area contributed by atoms with Gasteiger partial charge in [-0.1, -0.05) is 13.8 Å². The third kappa shape index (κ3) is 4.09. The van der Waals surface area contributed by atoms with Crippen LogP contribution in [0.5, 0.6) is 0 Å². The summed E-state index contributed by atoms with van der Waals surface area (Å²) < 4.78 is 0. The SMILES string of the molecule is CC(C)CNC(=O)C1CCN(C(=O)C2CN3CCCN2CC3)CC1. The van der Waals surface area contributed by atoms with Crippen molar-refractivity contribution < 1.29 is 9.59 Å². The van der Waals surface area contributed by atoms with Crippen molar-refractivity contribution in [3.63, 3.8) is 0 Å². The van der Waals surface area contributed by atoms with E-state index in [-0.39, 0.29) is 23.8 Å². The lowest BCUT2D eigenvalue weighted by atomic mass is 9.95. The minimum Gasteiger partial charge on any atom is -0.356 e. The van der Waals surface area contributed by atoms with Crippen LogP contribution in [-0.4, -0.2) is 84.9 Å². The van der Waals surface area contributed by atoms with E-state index in [1.165, 1.54) is 6.42 Å². The normalized spacial score (nSPS) is 31.1. The Bertz CT molecular complexity index is 456. The number of nitrogens with zero attached hydrogens (tertiary/aromatic N) is 3. The van der Waals surface area contributed by atoms with Crippen LogP contribution in [0.2, 0.25) is 0 Å². The summed E-state index contributed by atoms with van der Waals surface area (Å²) in [6, 6.07) is 0.0348. The predicted octanol–water partition coefficient (Wildman–Crippen LogP) is 0.387. The summed E-state index contributed by atoms with van der Waals surface area (Å²) in [5.41, 5.74) is 0. The van der Waals surface area contributed by atoms with Crippen LogP contribution in [-0.2, 0) is 9.59 Å². The first-order valence-electron chi connectivity index (χ1n) is 9.57. The fraction of sp³-hybridized carbons (Fsp3) is 0.889. The van der Waals surface area contributed by atoms with E-state index >= 15 is 0 Å². The molecule has 136 valence electrons. The third-order valence-electron chi connectivity index (χ3n) is 5.64. The second kappa shape index (κ2) is 7.83. The monoisotopic (exact) mass is 336 g/mol. The number of carbonyl (C=O) groups excluding carboxylic acids is 2. The van der Waals surface area contributed by atoms with E-state index in [1.807, 2.05) is 4.90 Å². The molecule has 1 N–H and O–H groups in total. The van der Waals surface area contributed by atoms with Crippen molar-refractivity contribution >= 4 is 11.8 Å². The minimum absolute atomic E-state index is 0.0348. The van der Waals surface area contributed by atoms with Crippen LogP contribution in [0, 0.1) is 11.8 Å². The highest BCUT2D eigenvalue weighted by Gasteiger charge is 2.38. The van der Waals surface area contributed by atoms with Crippen LogP contribution in [0.15, 0.2) is 0 Å². The second-order valence-corrected chi connectivity index (χ2v) is 7.94. The van der Waals surface area contributed by atoms with E-state index in [1.54, 1.807) is 0 Å². The number of piperidine rings is 1. The van der Waals surface area contributed by atoms with Crippen molar-refractivity contribution in [2.24, 2.45) is 11.8 Å². The molecule has 3 atom stereocenters. The maximum atomic E-state index is 12.9. The van der Waals surface area contributed by atoms with Gasteiger partial charge in [0, 0.05) is 51.7 Å². The summed E-state index contributed by atoms with van der Waals surface area (Å²) in [6.45, 7) is 11.6. The van der Waals surface area contributed by atoms with Crippen molar-refractivity contribution in [3.05, 3.63) is 0 Å². The number of hydrogen-bond acceptors (Lipinski definition) is 4. The maximum Gasteiger partial charge on any atom is 0.241 e. The lowest BCUT2D eigenvalue weighted by molar-refractivity contribution is -0.141. The number of nitrogens with one attached hydrogen (secondary N) is 1. The predicted molar refractivity (Wildman–Crippen MR) is 93.6 cm³/mol. The summed E-state index contributed by atoms with van der Waals surface area (Å²) in [5, 5.41) is 3.03. The van der Waals surface area contributed by atoms with Gasteiger partial charge in [-0.15, -0.1) is 0 Å². The molecule has 0 aliphatic carbocycles. The van der Waals surface area contributed by atoms with Crippen LogP contribution >= 0.6 is 0 Å². The molecule has 0 spiro atoms. The van der Waals surface area contributed by atoms with Crippen LogP contribution in [0.4, 0.5) is 0 Å². The van der Waals surface area contributed by atoms with E-state index in [9.17, 15) is 9.59 Å². The number of fused-ring (bicyclic) bond motifs is 4. The molecule has 6 heteroatoms. The van der Waals surface area contributed by atoms with Gasteiger partial charge in [0.25, 0.3) is 0 Å². The maximum absolute atomic E-state index is 12.9. The first kappa shape index (κ1) is 17.7. The molecule has 6 nitrogen and oxygen atoms in total. The highest BCUT2D eigenvalue weighted by Crippen LogP contribution is 2.22. The van der Waals surface area contributed by atoms with Gasteiger partial charge in [0.05, 0.1) is 0 Å². The zero-order valence-corrected chi connectivity index (χ0v) is 15.2. The zero-order valence-electron chi connectivity index (χ0n) is 15.2. The molecule has 4 aliphatic heterocycles. The number of likely N-dealkylation sites (tertiary alicyclic amines) is 1. The fourth-order valence-corrected chi connectivity index (χ4v) is 4.10. The molecule has 0 aromatic heterocycles. The van der Waals surface area contributed by atoms with Crippen LogP contribution in [0.1, 0.15) is 33.1 Å². The largest absolute Gasteiger partial charge is 0.356 e. The first-order valence-corrected chi connectivity index (χ1v) is 9.57. The van der Waals surface area contributed by atoms with Gasteiger partial charge < -0.3 is 10.2 Å². The quantitative estimate of drug-likeness (QED) is 0.807. The molecule has 2 bridgehead atoms. The standard InChI is InChI=1S/C18H32N4O2/c1-14(2)12-19-17(23)15-4-8-22(9-5-15)18(24)16-13-20-6-3-7-21(16)11-10-20/h14-16H,3-13H2,1-2H3,(H,19,23). The van der Waals surface area contributed by atoms with Crippen molar-refractivity contribution in [1.82, 2.24) is 20.0 Å². The Kier molecular flexibility index (Phi) is 5.76. The van der Waals surface area contributed by atoms with Gasteiger partial charge in [0.15, 0.2) is 0 Å². The molecule has 0 saturated carbocycles. The third-order valence-corrected chi connectivity index (χ3v) is 5.64. The molecule has 4 rings (SSSR count). The highest BCUT2D eigenvalue weighted by molar-refractivity contribution is 5.83. The van der Waals surface area contributed by atoms with Gasteiger partial charge in [0.2, 0.25) is 11.8 Å². The Balaban J connectivity index is 1.49. The zero-order chi connectivity index (χ0) is 17.1. The molecule has 2 amide bonds. The summed E-state index contributed by atoms with van der Waals surface area (Å²) in [5.74, 6) is 0.995. The molecule has 4 aliphatic rings. The van der Waals surface area contributed by atoms with E-state index in [0.717, 1.165) is 65.2 Å². The molecule has 0 aromatic rings. The topological polar surface area (TPSA) is 55.9 Å². The average molecular weight is 336 g/mol. The fourth-order valence-electron chi connectivity index (χ4n) is 4.10. The van der Waals surface area contributed by atoms with E-state index in [4.69, 9.17) is 0 Å². The van der Waals surface area contributed by atoms with Crippen LogP contribution in [0.25, 0.3) is 0 Å². The Morgan fingerprint density at radius 3 is 2.50 bits per heavy atom. The van der Waals surface area contributed by atoms with E-state index in [2.05, 4.69) is 29.0 Å². The first-order chi connectivity index (χ1) is 11.5. The number of hydrogen-bond donors (Lipinski definition) is 1. The van der Waals surface area contributed by atoms with E-state index < -0.39 is 0 Å². The number of carbonyl (C=O) groups is 2. The highest BCUT2D eigenvalue weighted by atomic mass is 16.2. The number of rotatable bonds is 4. The Hall–Kier alpha value is -1.14. The summed E-state index contributed by atoms with van der Waals surface area (Å²) in [6.07, 6.45) is 2.76. The van der Waals surface area contributed by atoms with Crippen molar-refractivity contribution in [2.45, 2.75) is 39.2 Å². The Morgan fingerprint density at radius 1 is 1.04 bits per heavy atom. The van der Waals surface area contributed by atoms with Gasteiger partial charge in [-0.2, -0.15) is 0 Å². The molecule has 24 heavy (non-hydrogen) atoms. The lowest BCUT2D eigenvalue weighted by Gasteiger charge is -2.40. The van der Waals surface area contributed by atoms with Gasteiger partial charge in [0.1, 0.15) is 6.04 Å². The minimum atomic E-state index is 0.0348. The Morgan fingerprint density at radius 2 is 1.79 bits per heavy atom. The molecule has 3 unspecified atom stereocenters. The molecule has 4 heterocycles. The molecular formula is C18H32N4O2. The van der Waals surface area contributed by atoms with Crippen molar-refractivity contribution in [1.29, 1.82) is 0 Å². The van der Waals surface area contributed by atoms with E-state index in [0.29, 0.717) is 5.92 Å². The average Bonchev–Trinajstić information content (AvgIpc) is 2.94. The number of piperazine rings is 1. The summed E-state index contributed by atoms with van der Waals surface area (Å²) in [7, 11) is 0. The van der Waals surface area contributed by atoms with Crippen LogP contribution < -0.4 is 5.32 Å². The molecule has 4 fully saturated rings. The van der Waals surface area contributed by atoms with Crippen molar-refractivity contribution in [3.8, 4) is 0 Å².